The zero-order valence-corrected chi connectivity index (χ0v) is 9.90. The van der Waals surface area contributed by atoms with Crippen LogP contribution >= 0.6 is 0 Å². The Kier molecular flexibility index (Phi) is 4.15. The number of nitrogens with zero attached hydrogens (tertiary/aromatic N) is 1. The van der Waals surface area contributed by atoms with E-state index in [1.807, 2.05) is 32.0 Å². The topological polar surface area (TPSA) is 23.5 Å². The maximum Gasteiger partial charge on any atom is 0.0608 e. The molecule has 0 unspecified atom stereocenters. The highest BCUT2D eigenvalue weighted by Crippen LogP contribution is 2.16. The zero-order valence-electron chi connectivity index (χ0n) is 9.90. The van der Waals surface area contributed by atoms with Gasteiger partial charge in [0, 0.05) is 18.8 Å². The van der Waals surface area contributed by atoms with Gasteiger partial charge in [-0.05, 0) is 39.3 Å². The average Bonchev–Trinajstić information content (AvgIpc) is 2.19. The van der Waals surface area contributed by atoms with Gasteiger partial charge in [-0.3, -0.25) is 0 Å². The average molecular weight is 207 g/mol. The summed E-state index contributed by atoms with van der Waals surface area (Å²) >= 11 is 0. The third-order valence-corrected chi connectivity index (χ3v) is 2.50. The molecule has 1 N–H and O–H groups in total. The summed E-state index contributed by atoms with van der Waals surface area (Å²) in [5, 5.41) is 9.68. The van der Waals surface area contributed by atoms with Crippen molar-refractivity contribution in [1.29, 1.82) is 0 Å². The van der Waals surface area contributed by atoms with Gasteiger partial charge < -0.3 is 10.0 Å². The molecule has 0 aliphatic rings. The van der Waals surface area contributed by atoms with Gasteiger partial charge in [0.2, 0.25) is 0 Å². The van der Waals surface area contributed by atoms with Gasteiger partial charge in [0.05, 0.1) is 5.60 Å². The molecule has 0 saturated carbocycles. The molecule has 0 fully saturated rings. The molecule has 0 heterocycles. The van der Waals surface area contributed by atoms with Crippen molar-refractivity contribution in [3.8, 4) is 0 Å². The van der Waals surface area contributed by atoms with Crippen LogP contribution in [-0.2, 0) is 0 Å². The van der Waals surface area contributed by atoms with E-state index < -0.39 is 5.60 Å². The summed E-state index contributed by atoms with van der Waals surface area (Å²) in [5.74, 6) is 0. The maximum absolute atomic E-state index is 9.68. The molecule has 2 heteroatoms. The van der Waals surface area contributed by atoms with Gasteiger partial charge in [-0.1, -0.05) is 18.2 Å². The highest BCUT2D eigenvalue weighted by atomic mass is 16.3. The number of anilines is 1. The van der Waals surface area contributed by atoms with Crippen LogP contribution in [0.3, 0.4) is 0 Å². The molecular weight excluding hydrogens is 186 g/mol. The molecule has 84 valence electrons. The first-order chi connectivity index (χ1) is 7.03. The van der Waals surface area contributed by atoms with E-state index in [2.05, 4.69) is 24.0 Å². The minimum atomic E-state index is -0.581. The van der Waals surface area contributed by atoms with Crippen LogP contribution in [0.5, 0.6) is 0 Å². The molecule has 0 atom stereocenters. The fourth-order valence-corrected chi connectivity index (χ4v) is 1.52. The Morgan fingerprint density at radius 3 is 2.27 bits per heavy atom. The second-order valence-corrected chi connectivity index (χ2v) is 4.48. The summed E-state index contributed by atoms with van der Waals surface area (Å²) in [5.41, 5.74) is 0.645. The van der Waals surface area contributed by atoms with Crippen molar-refractivity contribution in [3.05, 3.63) is 30.3 Å². The number of hydrogen-bond acceptors (Lipinski definition) is 2. The second kappa shape index (κ2) is 5.17. The lowest BCUT2D eigenvalue weighted by molar-refractivity contribution is 0.0731. The molecule has 0 bridgehead atoms. The molecule has 0 aliphatic heterocycles. The Labute approximate surface area is 92.5 Å². The van der Waals surface area contributed by atoms with E-state index in [1.165, 1.54) is 5.69 Å². The fraction of sp³-hybridized carbons (Fsp3) is 0.538. The number of para-hydroxylation sites is 1. The predicted molar refractivity (Wildman–Crippen MR) is 65.2 cm³/mol. The van der Waals surface area contributed by atoms with Crippen molar-refractivity contribution in [2.45, 2.75) is 32.8 Å². The Hall–Kier alpha value is -1.02. The first kappa shape index (κ1) is 12.1. The SMILES string of the molecule is CCN(CCC(C)(C)O)c1ccccc1. The third-order valence-electron chi connectivity index (χ3n) is 2.50. The quantitative estimate of drug-likeness (QED) is 0.802. The maximum atomic E-state index is 9.68. The smallest absolute Gasteiger partial charge is 0.0608 e. The summed E-state index contributed by atoms with van der Waals surface area (Å²) in [6.45, 7) is 7.71. The summed E-state index contributed by atoms with van der Waals surface area (Å²) in [6.07, 6.45) is 0.787. The van der Waals surface area contributed by atoms with Crippen LogP contribution < -0.4 is 4.90 Å². The first-order valence-corrected chi connectivity index (χ1v) is 5.55. The first-order valence-electron chi connectivity index (χ1n) is 5.55. The molecule has 0 amide bonds. The fourth-order valence-electron chi connectivity index (χ4n) is 1.52. The largest absolute Gasteiger partial charge is 0.390 e. The third kappa shape index (κ3) is 4.34. The Morgan fingerprint density at radius 1 is 1.20 bits per heavy atom. The lowest BCUT2D eigenvalue weighted by Gasteiger charge is -2.26. The van der Waals surface area contributed by atoms with Crippen LogP contribution in [0.1, 0.15) is 27.2 Å². The molecular formula is C13H21NO. The van der Waals surface area contributed by atoms with Gasteiger partial charge in [-0.2, -0.15) is 0 Å². The molecule has 0 saturated heterocycles. The highest BCUT2D eigenvalue weighted by Gasteiger charge is 2.14. The molecule has 1 rings (SSSR count). The number of aliphatic hydroxyl groups is 1. The lowest BCUT2D eigenvalue weighted by Crippen LogP contribution is -2.30. The predicted octanol–water partition coefficient (Wildman–Crippen LogP) is 2.67. The van der Waals surface area contributed by atoms with Gasteiger partial charge >= 0.3 is 0 Å². The normalized spacial score (nSPS) is 11.5. The van der Waals surface area contributed by atoms with Gasteiger partial charge in [-0.15, -0.1) is 0 Å². The van der Waals surface area contributed by atoms with Crippen molar-refractivity contribution >= 4 is 5.69 Å². The van der Waals surface area contributed by atoms with Crippen LogP contribution in [-0.4, -0.2) is 23.8 Å². The molecule has 2 nitrogen and oxygen atoms in total. The van der Waals surface area contributed by atoms with Crippen LogP contribution in [0.2, 0.25) is 0 Å². The highest BCUT2D eigenvalue weighted by molar-refractivity contribution is 5.45. The van der Waals surface area contributed by atoms with E-state index in [-0.39, 0.29) is 0 Å². The van der Waals surface area contributed by atoms with Gasteiger partial charge in [0.15, 0.2) is 0 Å². The number of rotatable bonds is 5. The van der Waals surface area contributed by atoms with E-state index in [9.17, 15) is 5.11 Å². The van der Waals surface area contributed by atoms with Crippen LogP contribution in [0.15, 0.2) is 30.3 Å². The summed E-state index contributed by atoms with van der Waals surface area (Å²) in [4.78, 5) is 2.28. The van der Waals surface area contributed by atoms with Crippen LogP contribution in [0.25, 0.3) is 0 Å². The van der Waals surface area contributed by atoms with Gasteiger partial charge in [0.25, 0.3) is 0 Å². The monoisotopic (exact) mass is 207 g/mol. The van der Waals surface area contributed by atoms with E-state index in [1.54, 1.807) is 0 Å². The summed E-state index contributed by atoms with van der Waals surface area (Å²) in [7, 11) is 0. The molecule has 0 radical (unpaired) electrons. The zero-order chi connectivity index (χ0) is 11.3. The summed E-state index contributed by atoms with van der Waals surface area (Å²) in [6, 6.07) is 10.3. The number of hydrogen-bond donors (Lipinski definition) is 1. The van der Waals surface area contributed by atoms with Crippen LogP contribution in [0.4, 0.5) is 5.69 Å². The molecule has 0 aliphatic carbocycles. The number of benzene rings is 1. The molecule has 1 aromatic carbocycles. The molecule has 15 heavy (non-hydrogen) atoms. The summed E-state index contributed by atoms with van der Waals surface area (Å²) < 4.78 is 0. The molecule has 1 aromatic rings. The lowest BCUT2D eigenvalue weighted by atomic mass is 10.1. The van der Waals surface area contributed by atoms with Crippen molar-refractivity contribution in [2.75, 3.05) is 18.0 Å². The van der Waals surface area contributed by atoms with E-state index in [4.69, 9.17) is 0 Å². The molecule has 0 aromatic heterocycles. The van der Waals surface area contributed by atoms with Crippen molar-refractivity contribution < 1.29 is 5.11 Å². The van der Waals surface area contributed by atoms with Crippen LogP contribution in [0, 0.1) is 0 Å². The van der Waals surface area contributed by atoms with Gasteiger partial charge in [0.1, 0.15) is 0 Å². The van der Waals surface area contributed by atoms with Crippen molar-refractivity contribution in [2.24, 2.45) is 0 Å². The Bertz CT molecular complexity index is 276. The van der Waals surface area contributed by atoms with Crippen molar-refractivity contribution in [1.82, 2.24) is 0 Å². The Balaban J connectivity index is 2.58. The standard InChI is InChI=1S/C13H21NO/c1-4-14(11-10-13(2,3)15)12-8-6-5-7-9-12/h5-9,15H,4,10-11H2,1-3H3. The second-order valence-electron chi connectivity index (χ2n) is 4.48. The molecule has 0 spiro atoms. The van der Waals surface area contributed by atoms with E-state index in [0.717, 1.165) is 19.5 Å². The van der Waals surface area contributed by atoms with Crippen molar-refractivity contribution in [3.63, 3.8) is 0 Å². The van der Waals surface area contributed by atoms with E-state index in [0.29, 0.717) is 0 Å². The van der Waals surface area contributed by atoms with Gasteiger partial charge in [-0.25, -0.2) is 0 Å². The minimum absolute atomic E-state index is 0.581. The van der Waals surface area contributed by atoms with E-state index >= 15 is 0 Å². The Morgan fingerprint density at radius 2 is 1.80 bits per heavy atom. The minimum Gasteiger partial charge on any atom is -0.390 e.